The maximum Gasteiger partial charge on any atom is 0.170 e. The number of methoxy groups -OCH3 is 1. The summed E-state index contributed by atoms with van der Waals surface area (Å²) in [6.45, 7) is 3.99. The minimum atomic E-state index is -0.515. The van der Waals surface area contributed by atoms with Gasteiger partial charge in [-0.1, -0.05) is 12.1 Å². The van der Waals surface area contributed by atoms with E-state index in [4.69, 9.17) is 9.47 Å². The number of fused-ring (bicyclic) bond motifs is 1. The van der Waals surface area contributed by atoms with Gasteiger partial charge >= 0.3 is 0 Å². The minimum Gasteiger partial charge on any atom is -0.493 e. The van der Waals surface area contributed by atoms with Gasteiger partial charge in [-0.15, -0.1) is 0 Å². The first-order valence-corrected chi connectivity index (χ1v) is 9.08. The average Bonchev–Trinajstić information content (AvgIpc) is 2.68. The fraction of sp³-hybridized carbons (Fsp3) is 0.217. The molecule has 2 heterocycles. The summed E-state index contributed by atoms with van der Waals surface area (Å²) in [5, 5.41) is 0. The summed E-state index contributed by atoms with van der Waals surface area (Å²) in [7, 11) is 1.64. The summed E-state index contributed by atoms with van der Waals surface area (Å²) in [4.78, 5) is 8.17. The first-order valence-electron chi connectivity index (χ1n) is 9.08. The Morgan fingerprint density at radius 3 is 2.43 bits per heavy atom. The molecule has 3 aromatic rings. The number of ether oxygens (including phenoxy) is 2. The SMILES string of the molecule is COc1cc(Cc2cncnc2)cc2c1OC(C)(C)C=C2c1ccc(F)cc1. The van der Waals surface area contributed by atoms with Gasteiger partial charge in [-0.2, -0.15) is 0 Å². The molecule has 0 atom stereocenters. The minimum absolute atomic E-state index is 0.258. The van der Waals surface area contributed by atoms with Gasteiger partial charge in [0.05, 0.1) is 7.11 Å². The fourth-order valence-corrected chi connectivity index (χ4v) is 3.46. The third-order valence-electron chi connectivity index (χ3n) is 4.66. The Morgan fingerprint density at radius 2 is 1.75 bits per heavy atom. The highest BCUT2D eigenvalue weighted by Gasteiger charge is 2.30. The van der Waals surface area contributed by atoms with Crippen LogP contribution in [0.4, 0.5) is 4.39 Å². The molecular weight excluding hydrogens is 355 g/mol. The lowest BCUT2D eigenvalue weighted by Crippen LogP contribution is -2.29. The van der Waals surface area contributed by atoms with Gasteiger partial charge in [0.2, 0.25) is 0 Å². The van der Waals surface area contributed by atoms with Crippen LogP contribution >= 0.6 is 0 Å². The number of nitrogens with zero attached hydrogens (tertiary/aromatic N) is 2. The van der Waals surface area contributed by atoms with Gasteiger partial charge in [0, 0.05) is 24.4 Å². The summed E-state index contributed by atoms with van der Waals surface area (Å²) < 4.78 is 25.3. The summed E-state index contributed by atoms with van der Waals surface area (Å²) >= 11 is 0. The molecule has 1 aromatic heterocycles. The van der Waals surface area contributed by atoms with Crippen LogP contribution in [0.2, 0.25) is 0 Å². The predicted molar refractivity (Wildman–Crippen MR) is 106 cm³/mol. The van der Waals surface area contributed by atoms with E-state index in [1.54, 1.807) is 31.6 Å². The molecule has 4 rings (SSSR count). The molecule has 28 heavy (non-hydrogen) atoms. The van der Waals surface area contributed by atoms with Crippen molar-refractivity contribution in [3.8, 4) is 11.5 Å². The number of rotatable bonds is 4. The molecule has 0 radical (unpaired) electrons. The zero-order chi connectivity index (χ0) is 19.7. The van der Waals surface area contributed by atoms with E-state index in [9.17, 15) is 4.39 Å². The highest BCUT2D eigenvalue weighted by Crippen LogP contribution is 2.45. The lowest BCUT2D eigenvalue weighted by Gasteiger charge is -2.32. The van der Waals surface area contributed by atoms with Gasteiger partial charge < -0.3 is 9.47 Å². The van der Waals surface area contributed by atoms with Crippen molar-refractivity contribution in [2.75, 3.05) is 7.11 Å². The van der Waals surface area contributed by atoms with Crippen LogP contribution < -0.4 is 9.47 Å². The molecule has 0 unspecified atom stereocenters. The molecule has 0 amide bonds. The molecule has 0 aliphatic carbocycles. The number of hydrogen-bond acceptors (Lipinski definition) is 4. The van der Waals surface area contributed by atoms with E-state index in [1.807, 2.05) is 19.9 Å². The average molecular weight is 376 g/mol. The Hall–Kier alpha value is -3.21. The molecule has 0 fully saturated rings. The van der Waals surface area contributed by atoms with E-state index in [2.05, 4.69) is 22.1 Å². The molecule has 5 heteroatoms. The second-order valence-electron chi connectivity index (χ2n) is 7.37. The number of aromatic nitrogens is 2. The van der Waals surface area contributed by atoms with Crippen LogP contribution in [0.25, 0.3) is 5.57 Å². The standard InChI is InChI=1S/C23H21FN2O2/c1-23(2)11-20(17-4-6-18(24)7-5-17)19-9-15(8-16-12-25-14-26-13-16)10-21(27-3)22(19)28-23/h4-7,9-14H,8H2,1-3H3. The van der Waals surface area contributed by atoms with Gasteiger partial charge in [-0.05, 0) is 66.5 Å². The van der Waals surface area contributed by atoms with Crippen LogP contribution in [0.15, 0.2) is 61.2 Å². The van der Waals surface area contributed by atoms with Crippen molar-refractivity contribution < 1.29 is 13.9 Å². The van der Waals surface area contributed by atoms with E-state index >= 15 is 0 Å². The Bertz CT molecular complexity index is 1030. The van der Waals surface area contributed by atoms with Gasteiger partial charge in [0.15, 0.2) is 11.5 Å². The smallest absolute Gasteiger partial charge is 0.170 e. The van der Waals surface area contributed by atoms with Gasteiger partial charge in [-0.3, -0.25) is 0 Å². The second-order valence-corrected chi connectivity index (χ2v) is 7.37. The van der Waals surface area contributed by atoms with Crippen molar-refractivity contribution in [2.45, 2.75) is 25.9 Å². The topological polar surface area (TPSA) is 44.2 Å². The second kappa shape index (κ2) is 7.08. The highest BCUT2D eigenvalue weighted by atomic mass is 19.1. The van der Waals surface area contributed by atoms with Crippen molar-refractivity contribution in [2.24, 2.45) is 0 Å². The van der Waals surface area contributed by atoms with E-state index in [-0.39, 0.29) is 5.82 Å². The lowest BCUT2D eigenvalue weighted by molar-refractivity contribution is 0.151. The van der Waals surface area contributed by atoms with Crippen molar-refractivity contribution >= 4 is 5.57 Å². The maximum atomic E-state index is 13.5. The fourth-order valence-electron chi connectivity index (χ4n) is 3.46. The zero-order valence-corrected chi connectivity index (χ0v) is 16.1. The van der Waals surface area contributed by atoms with E-state index in [0.717, 1.165) is 27.8 Å². The normalized spacial score (nSPS) is 14.6. The Kier molecular flexibility index (Phi) is 4.59. The lowest BCUT2D eigenvalue weighted by atomic mass is 9.88. The summed E-state index contributed by atoms with van der Waals surface area (Å²) in [6, 6.07) is 10.6. The number of benzene rings is 2. The molecule has 1 aliphatic heterocycles. The van der Waals surface area contributed by atoms with Crippen LogP contribution in [0, 0.1) is 5.82 Å². The van der Waals surface area contributed by atoms with Crippen molar-refractivity contribution in [3.63, 3.8) is 0 Å². The van der Waals surface area contributed by atoms with Crippen LogP contribution in [-0.2, 0) is 6.42 Å². The molecule has 2 aromatic carbocycles. The monoisotopic (exact) mass is 376 g/mol. The highest BCUT2D eigenvalue weighted by molar-refractivity contribution is 5.86. The van der Waals surface area contributed by atoms with Crippen molar-refractivity contribution in [3.05, 3.63) is 89.3 Å². The van der Waals surface area contributed by atoms with Gasteiger partial charge in [0.1, 0.15) is 17.7 Å². The first-order chi connectivity index (χ1) is 13.4. The summed E-state index contributed by atoms with van der Waals surface area (Å²) in [6.07, 6.45) is 7.86. The molecule has 0 bridgehead atoms. The Labute approximate surface area is 163 Å². The number of halogens is 1. The quantitative estimate of drug-likeness (QED) is 0.655. The van der Waals surface area contributed by atoms with E-state index in [1.165, 1.54) is 18.5 Å². The van der Waals surface area contributed by atoms with Gasteiger partial charge in [-0.25, -0.2) is 14.4 Å². The molecule has 0 N–H and O–H groups in total. The molecule has 0 saturated carbocycles. The van der Waals surface area contributed by atoms with E-state index < -0.39 is 5.60 Å². The largest absolute Gasteiger partial charge is 0.493 e. The maximum absolute atomic E-state index is 13.5. The molecule has 1 aliphatic rings. The van der Waals surface area contributed by atoms with Crippen LogP contribution in [0.3, 0.4) is 0 Å². The summed E-state index contributed by atoms with van der Waals surface area (Å²) in [5.41, 5.74) is 4.41. The zero-order valence-electron chi connectivity index (χ0n) is 16.1. The third-order valence-corrected chi connectivity index (χ3v) is 4.66. The van der Waals surface area contributed by atoms with Crippen molar-refractivity contribution in [1.29, 1.82) is 0 Å². The molecule has 142 valence electrons. The van der Waals surface area contributed by atoms with Crippen LogP contribution in [0.5, 0.6) is 11.5 Å². The summed E-state index contributed by atoms with van der Waals surface area (Å²) in [5.74, 6) is 1.11. The van der Waals surface area contributed by atoms with E-state index in [0.29, 0.717) is 17.9 Å². The van der Waals surface area contributed by atoms with Crippen molar-refractivity contribution in [1.82, 2.24) is 9.97 Å². The molecule has 0 saturated heterocycles. The third kappa shape index (κ3) is 3.60. The molecule has 4 nitrogen and oxygen atoms in total. The molecular formula is C23H21FN2O2. The van der Waals surface area contributed by atoms with Gasteiger partial charge in [0.25, 0.3) is 0 Å². The Morgan fingerprint density at radius 1 is 1.04 bits per heavy atom. The number of hydrogen-bond donors (Lipinski definition) is 0. The predicted octanol–water partition coefficient (Wildman–Crippen LogP) is 4.82. The van der Waals surface area contributed by atoms with Crippen LogP contribution in [-0.4, -0.2) is 22.7 Å². The Balaban J connectivity index is 1.85. The van der Waals surface area contributed by atoms with Crippen LogP contribution in [0.1, 0.15) is 36.1 Å². The molecule has 0 spiro atoms. The first kappa shape index (κ1) is 18.2.